The molecule has 1 unspecified atom stereocenters. The number of carbonyl (C=O) groups excluding carboxylic acids is 1. The molecule has 2 heterocycles. The van der Waals surface area contributed by atoms with Crippen molar-refractivity contribution in [1.29, 1.82) is 0 Å². The Morgan fingerprint density at radius 1 is 1.26 bits per heavy atom. The summed E-state index contributed by atoms with van der Waals surface area (Å²) in [5, 5.41) is 7.58. The number of nitrogens with one attached hydrogen (secondary N) is 1. The van der Waals surface area contributed by atoms with Gasteiger partial charge in [0.2, 0.25) is 5.91 Å². The Bertz CT molecular complexity index is 935. The number of sulfone groups is 1. The first kappa shape index (κ1) is 18.0. The fraction of sp³-hybridized carbons (Fsp3) is 0.474. The molecule has 1 aromatic carbocycles. The summed E-state index contributed by atoms with van der Waals surface area (Å²) in [6.45, 7) is 0.205. The Morgan fingerprint density at radius 3 is 2.63 bits per heavy atom. The van der Waals surface area contributed by atoms with Crippen molar-refractivity contribution in [2.24, 2.45) is 0 Å². The van der Waals surface area contributed by atoms with Crippen LogP contribution in [0, 0.1) is 0 Å². The van der Waals surface area contributed by atoms with Crippen LogP contribution in [0.3, 0.4) is 0 Å². The van der Waals surface area contributed by atoms with Crippen molar-refractivity contribution in [3.05, 3.63) is 42.1 Å². The van der Waals surface area contributed by atoms with E-state index in [9.17, 15) is 13.2 Å². The predicted octanol–water partition coefficient (Wildman–Crippen LogP) is 2.19. The Kier molecular flexibility index (Phi) is 4.67. The molecule has 2 fully saturated rings. The van der Waals surface area contributed by atoms with Gasteiger partial charge in [-0.3, -0.25) is 4.79 Å². The summed E-state index contributed by atoms with van der Waals surface area (Å²) < 4.78 is 25.5. The maximum atomic E-state index is 12.6. The van der Waals surface area contributed by atoms with Gasteiger partial charge >= 0.3 is 0 Å². The van der Waals surface area contributed by atoms with Crippen molar-refractivity contribution in [3.63, 3.8) is 0 Å². The van der Waals surface area contributed by atoms with Crippen LogP contribution in [-0.2, 0) is 14.6 Å². The van der Waals surface area contributed by atoms with Gasteiger partial charge in [-0.25, -0.2) is 13.1 Å². The van der Waals surface area contributed by atoms with Crippen molar-refractivity contribution in [2.45, 2.75) is 31.2 Å². The van der Waals surface area contributed by atoms with Crippen LogP contribution in [0.1, 0.15) is 36.9 Å². The minimum Gasteiger partial charge on any atom is -0.365 e. The molecule has 2 aliphatic rings. The van der Waals surface area contributed by atoms with Crippen molar-refractivity contribution in [1.82, 2.24) is 9.78 Å². The van der Waals surface area contributed by atoms with Crippen molar-refractivity contribution in [3.8, 4) is 0 Å². The second-order valence-corrected chi connectivity index (χ2v) is 9.70. The summed E-state index contributed by atoms with van der Waals surface area (Å²) in [5.41, 5.74) is 1.91. The summed E-state index contributed by atoms with van der Waals surface area (Å²) in [4.78, 5) is 14.4. The van der Waals surface area contributed by atoms with E-state index in [4.69, 9.17) is 0 Å². The largest absolute Gasteiger partial charge is 0.365 e. The molecule has 144 valence electrons. The summed E-state index contributed by atoms with van der Waals surface area (Å²) in [6, 6.07) is 11.4. The van der Waals surface area contributed by atoms with Gasteiger partial charge in [0.1, 0.15) is 5.82 Å². The number of amides is 1. The molecule has 0 spiro atoms. The quantitative estimate of drug-likeness (QED) is 0.820. The van der Waals surface area contributed by atoms with Gasteiger partial charge in [0, 0.05) is 24.7 Å². The van der Waals surface area contributed by atoms with Gasteiger partial charge in [0.25, 0.3) is 0 Å². The number of likely N-dealkylation sites (N-methyl/N-ethyl adjacent to an activating group) is 1. The molecular weight excluding hydrogens is 364 g/mol. The van der Waals surface area contributed by atoms with E-state index in [2.05, 4.69) is 10.4 Å². The van der Waals surface area contributed by atoms with E-state index >= 15 is 0 Å². The third kappa shape index (κ3) is 4.16. The Hall–Kier alpha value is -2.35. The Balaban J connectivity index is 1.50. The van der Waals surface area contributed by atoms with E-state index in [1.807, 2.05) is 48.3 Å². The fourth-order valence-electron chi connectivity index (χ4n) is 3.50. The van der Waals surface area contributed by atoms with E-state index in [0.29, 0.717) is 18.2 Å². The molecule has 1 amide bonds. The van der Waals surface area contributed by atoms with E-state index in [-0.39, 0.29) is 30.0 Å². The molecule has 0 bridgehead atoms. The van der Waals surface area contributed by atoms with Crippen molar-refractivity contribution < 1.29 is 13.2 Å². The van der Waals surface area contributed by atoms with Gasteiger partial charge in [-0.2, -0.15) is 5.10 Å². The Labute approximate surface area is 159 Å². The molecule has 27 heavy (non-hydrogen) atoms. The first-order chi connectivity index (χ1) is 12.9. The van der Waals surface area contributed by atoms with Crippen LogP contribution < -0.4 is 10.2 Å². The van der Waals surface area contributed by atoms with Crippen LogP contribution in [0.5, 0.6) is 0 Å². The molecule has 2 aromatic rings. The van der Waals surface area contributed by atoms with Gasteiger partial charge in [-0.05, 0) is 31.4 Å². The fourth-order valence-corrected chi connectivity index (χ4v) is 5.20. The summed E-state index contributed by atoms with van der Waals surface area (Å²) in [5.74, 6) is 1.16. The van der Waals surface area contributed by atoms with Crippen molar-refractivity contribution >= 4 is 27.2 Å². The third-order valence-corrected chi connectivity index (χ3v) is 6.90. The minimum atomic E-state index is -3.02. The van der Waals surface area contributed by atoms with Gasteiger partial charge < -0.3 is 10.2 Å². The molecule has 0 radical (unpaired) electrons. The van der Waals surface area contributed by atoms with Crippen LogP contribution in [0.25, 0.3) is 0 Å². The lowest BCUT2D eigenvalue weighted by atomic mass is 10.2. The molecule has 1 aliphatic carbocycles. The predicted molar refractivity (Wildman–Crippen MR) is 105 cm³/mol. The molecule has 8 heteroatoms. The van der Waals surface area contributed by atoms with Crippen LogP contribution in [0.15, 0.2) is 36.4 Å². The number of para-hydroxylation sites is 1. The second kappa shape index (κ2) is 6.99. The lowest BCUT2D eigenvalue weighted by Gasteiger charge is -2.19. The average molecular weight is 388 g/mol. The third-order valence-electron chi connectivity index (χ3n) is 5.15. The minimum absolute atomic E-state index is 0.0889. The molecule has 1 saturated heterocycles. The lowest BCUT2D eigenvalue weighted by Crippen LogP contribution is -2.31. The number of hydrogen-bond donors (Lipinski definition) is 1. The van der Waals surface area contributed by atoms with Crippen LogP contribution in [-0.4, -0.2) is 49.2 Å². The molecular formula is C19H24N4O3S. The summed E-state index contributed by atoms with van der Waals surface area (Å²) >= 11 is 0. The van der Waals surface area contributed by atoms with E-state index < -0.39 is 9.84 Å². The molecule has 7 nitrogen and oxygen atoms in total. The number of anilines is 2. The topological polar surface area (TPSA) is 84.3 Å². The molecule has 1 aromatic heterocycles. The lowest BCUT2D eigenvalue weighted by molar-refractivity contribution is -0.115. The Morgan fingerprint density at radius 2 is 2.00 bits per heavy atom. The van der Waals surface area contributed by atoms with Crippen LogP contribution in [0.2, 0.25) is 0 Å². The van der Waals surface area contributed by atoms with Crippen LogP contribution in [0.4, 0.5) is 11.5 Å². The standard InChI is InChI=1S/C19H24N4O3S/c1-22(15-5-3-2-4-6-15)12-19(24)20-18-11-17(14-7-8-14)21-23(18)16-9-10-27(25,26)13-16/h2-6,11,14,16H,7-10,12-13H2,1H3,(H,20,24). The number of rotatable bonds is 6. The average Bonchev–Trinajstić information content (AvgIpc) is 3.31. The maximum Gasteiger partial charge on any atom is 0.245 e. The van der Waals surface area contributed by atoms with E-state index in [1.54, 1.807) is 4.68 Å². The zero-order chi connectivity index (χ0) is 19.0. The van der Waals surface area contributed by atoms with Gasteiger partial charge in [-0.15, -0.1) is 0 Å². The molecule has 1 saturated carbocycles. The number of nitrogens with zero attached hydrogens (tertiary/aromatic N) is 3. The maximum absolute atomic E-state index is 12.6. The molecule has 1 atom stereocenters. The monoisotopic (exact) mass is 388 g/mol. The van der Waals surface area contributed by atoms with Crippen molar-refractivity contribution in [2.75, 3.05) is 35.3 Å². The van der Waals surface area contributed by atoms with E-state index in [0.717, 1.165) is 24.2 Å². The number of benzene rings is 1. The zero-order valence-corrected chi connectivity index (χ0v) is 16.2. The molecule has 4 rings (SSSR count). The first-order valence-electron chi connectivity index (χ1n) is 9.27. The highest BCUT2D eigenvalue weighted by atomic mass is 32.2. The summed E-state index contributed by atoms with van der Waals surface area (Å²) in [7, 11) is -1.15. The zero-order valence-electron chi connectivity index (χ0n) is 15.3. The molecule has 1 aliphatic heterocycles. The number of hydrogen-bond acceptors (Lipinski definition) is 5. The number of carbonyl (C=O) groups is 1. The summed E-state index contributed by atoms with van der Waals surface area (Å²) in [6.07, 6.45) is 2.75. The molecule has 1 N–H and O–H groups in total. The highest BCUT2D eigenvalue weighted by molar-refractivity contribution is 7.91. The van der Waals surface area contributed by atoms with Gasteiger partial charge in [-0.1, -0.05) is 18.2 Å². The van der Waals surface area contributed by atoms with Crippen LogP contribution >= 0.6 is 0 Å². The van der Waals surface area contributed by atoms with E-state index in [1.165, 1.54) is 0 Å². The van der Waals surface area contributed by atoms with Gasteiger partial charge in [0.05, 0.1) is 29.8 Å². The number of aromatic nitrogens is 2. The SMILES string of the molecule is CN(CC(=O)Nc1cc(C2CC2)nn1C1CCS(=O)(=O)C1)c1ccccc1. The smallest absolute Gasteiger partial charge is 0.245 e. The van der Waals surface area contributed by atoms with Gasteiger partial charge in [0.15, 0.2) is 9.84 Å². The highest BCUT2D eigenvalue weighted by Gasteiger charge is 2.34. The highest BCUT2D eigenvalue weighted by Crippen LogP contribution is 2.41. The normalized spacial score (nSPS) is 21.1. The first-order valence-corrected chi connectivity index (χ1v) is 11.1. The second-order valence-electron chi connectivity index (χ2n) is 7.47.